The van der Waals surface area contributed by atoms with Gasteiger partial charge in [0.2, 0.25) is 0 Å². The number of halogens is 1. The Labute approximate surface area is 127 Å². The van der Waals surface area contributed by atoms with Crippen LogP contribution >= 0.6 is 22.9 Å². The van der Waals surface area contributed by atoms with Gasteiger partial charge in [-0.2, -0.15) is 0 Å². The fourth-order valence-corrected chi connectivity index (χ4v) is 3.13. The van der Waals surface area contributed by atoms with E-state index in [1.807, 2.05) is 24.3 Å². The molecule has 0 spiro atoms. The molecule has 0 fully saturated rings. The number of rotatable bonds is 3. The highest BCUT2D eigenvalue weighted by atomic mass is 35.5. The molecular formula is C15H17ClN3S+. The predicted molar refractivity (Wildman–Crippen MR) is 85.3 cm³/mol. The van der Waals surface area contributed by atoms with E-state index in [4.69, 9.17) is 16.6 Å². The summed E-state index contributed by atoms with van der Waals surface area (Å²) in [5.74, 6) is 0. The van der Waals surface area contributed by atoms with E-state index in [1.165, 1.54) is 5.69 Å². The summed E-state index contributed by atoms with van der Waals surface area (Å²) in [6, 6.07) is 7.90. The zero-order chi connectivity index (χ0) is 14.3. The number of thiazole rings is 1. The molecule has 0 unspecified atom stereocenters. The van der Waals surface area contributed by atoms with Crippen LogP contribution in [0.1, 0.15) is 5.69 Å². The number of quaternary nitrogens is 1. The van der Waals surface area contributed by atoms with E-state index in [2.05, 4.69) is 37.1 Å². The molecule has 3 nitrogen and oxygen atoms in total. The highest BCUT2D eigenvalue weighted by Gasteiger charge is 2.20. The summed E-state index contributed by atoms with van der Waals surface area (Å²) >= 11 is 7.64. The molecule has 0 aliphatic carbocycles. The second-order valence-electron chi connectivity index (χ2n) is 5.92. The number of fused-ring (bicyclic) bond motifs is 1. The Kier molecular flexibility index (Phi) is 3.32. The molecule has 2 aromatic heterocycles. The quantitative estimate of drug-likeness (QED) is 0.670. The van der Waals surface area contributed by atoms with Gasteiger partial charge in [-0.15, -0.1) is 11.3 Å². The largest absolute Gasteiger partial charge is 0.326 e. The van der Waals surface area contributed by atoms with Gasteiger partial charge in [-0.1, -0.05) is 23.7 Å². The SMILES string of the molecule is C[N+](C)(C)Cc1c(-c2ccc(Cl)cc2)nc2sccn12. The molecule has 0 aliphatic rings. The molecule has 0 radical (unpaired) electrons. The van der Waals surface area contributed by atoms with Crippen LogP contribution in [0.15, 0.2) is 35.8 Å². The summed E-state index contributed by atoms with van der Waals surface area (Å²) in [5, 5.41) is 2.83. The van der Waals surface area contributed by atoms with Crippen molar-refractivity contribution in [3.8, 4) is 11.3 Å². The molecule has 2 heterocycles. The first kappa shape index (κ1) is 13.6. The summed E-state index contributed by atoms with van der Waals surface area (Å²) < 4.78 is 3.06. The first-order valence-electron chi connectivity index (χ1n) is 6.45. The van der Waals surface area contributed by atoms with Crippen LogP contribution in [0.3, 0.4) is 0 Å². The van der Waals surface area contributed by atoms with Crippen molar-refractivity contribution in [1.29, 1.82) is 0 Å². The minimum absolute atomic E-state index is 0.753. The Balaban J connectivity index is 2.16. The number of nitrogens with zero attached hydrogens (tertiary/aromatic N) is 3. The Morgan fingerprint density at radius 2 is 1.90 bits per heavy atom. The lowest BCUT2D eigenvalue weighted by molar-refractivity contribution is -0.884. The summed E-state index contributed by atoms with van der Waals surface area (Å²) in [6.45, 7) is 0.926. The van der Waals surface area contributed by atoms with Crippen molar-refractivity contribution in [3.63, 3.8) is 0 Å². The molecule has 3 aromatic rings. The van der Waals surface area contributed by atoms with Crippen LogP contribution < -0.4 is 0 Å². The minimum Gasteiger partial charge on any atom is -0.326 e. The smallest absolute Gasteiger partial charge is 0.194 e. The normalized spacial score (nSPS) is 12.2. The van der Waals surface area contributed by atoms with Crippen molar-refractivity contribution in [2.45, 2.75) is 6.54 Å². The molecule has 0 saturated carbocycles. The molecule has 0 bridgehead atoms. The molecule has 0 aliphatic heterocycles. The summed E-state index contributed by atoms with van der Waals surface area (Å²) in [4.78, 5) is 5.83. The highest BCUT2D eigenvalue weighted by molar-refractivity contribution is 7.15. The third kappa shape index (κ3) is 2.59. The lowest BCUT2D eigenvalue weighted by Crippen LogP contribution is -2.34. The van der Waals surface area contributed by atoms with E-state index in [0.717, 1.165) is 32.3 Å². The molecule has 5 heteroatoms. The van der Waals surface area contributed by atoms with Crippen molar-refractivity contribution in [2.75, 3.05) is 21.1 Å². The molecule has 3 rings (SSSR count). The number of hydrogen-bond acceptors (Lipinski definition) is 2. The van der Waals surface area contributed by atoms with Crippen LogP contribution in [-0.2, 0) is 6.54 Å². The van der Waals surface area contributed by atoms with Crippen LogP contribution in [0.5, 0.6) is 0 Å². The van der Waals surface area contributed by atoms with E-state index in [-0.39, 0.29) is 0 Å². The molecule has 0 saturated heterocycles. The first-order chi connectivity index (χ1) is 9.44. The molecule has 0 amide bonds. The lowest BCUT2D eigenvalue weighted by atomic mass is 10.1. The second kappa shape index (κ2) is 4.88. The maximum atomic E-state index is 5.98. The molecule has 0 N–H and O–H groups in total. The van der Waals surface area contributed by atoms with Gasteiger partial charge in [0.05, 0.1) is 26.8 Å². The van der Waals surface area contributed by atoms with Crippen LogP contribution in [0.2, 0.25) is 5.02 Å². The van der Waals surface area contributed by atoms with Gasteiger partial charge in [0.25, 0.3) is 0 Å². The maximum absolute atomic E-state index is 5.98. The van der Waals surface area contributed by atoms with Gasteiger partial charge in [-0.05, 0) is 12.1 Å². The predicted octanol–water partition coefficient (Wildman–Crippen LogP) is 3.92. The molecular weight excluding hydrogens is 290 g/mol. The van der Waals surface area contributed by atoms with Crippen LogP contribution in [0.4, 0.5) is 0 Å². The lowest BCUT2D eigenvalue weighted by Gasteiger charge is -2.24. The fraction of sp³-hybridized carbons (Fsp3) is 0.267. The number of benzene rings is 1. The van der Waals surface area contributed by atoms with E-state index < -0.39 is 0 Å². The van der Waals surface area contributed by atoms with Gasteiger partial charge in [0.1, 0.15) is 12.2 Å². The zero-order valence-electron chi connectivity index (χ0n) is 11.8. The molecule has 104 valence electrons. The van der Waals surface area contributed by atoms with Crippen molar-refractivity contribution >= 4 is 27.9 Å². The average molecular weight is 307 g/mol. The minimum atomic E-state index is 0.753. The third-order valence-electron chi connectivity index (χ3n) is 3.10. The van der Waals surface area contributed by atoms with E-state index in [0.29, 0.717) is 0 Å². The molecule has 1 aromatic carbocycles. The van der Waals surface area contributed by atoms with E-state index in [1.54, 1.807) is 11.3 Å². The third-order valence-corrected chi connectivity index (χ3v) is 4.11. The monoisotopic (exact) mass is 306 g/mol. The summed E-state index contributed by atoms with van der Waals surface area (Å²) in [5.41, 5.74) is 3.42. The van der Waals surface area contributed by atoms with Gasteiger partial charge in [0.15, 0.2) is 4.96 Å². The second-order valence-corrected chi connectivity index (χ2v) is 7.23. The summed E-state index contributed by atoms with van der Waals surface area (Å²) in [7, 11) is 6.58. The van der Waals surface area contributed by atoms with Crippen LogP contribution in [-0.4, -0.2) is 35.0 Å². The van der Waals surface area contributed by atoms with Crippen molar-refractivity contribution in [3.05, 3.63) is 46.6 Å². The highest BCUT2D eigenvalue weighted by Crippen LogP contribution is 2.29. The van der Waals surface area contributed by atoms with Crippen molar-refractivity contribution in [1.82, 2.24) is 9.38 Å². The Morgan fingerprint density at radius 1 is 1.20 bits per heavy atom. The Hall–Kier alpha value is -1.36. The van der Waals surface area contributed by atoms with Crippen molar-refractivity contribution < 1.29 is 4.48 Å². The van der Waals surface area contributed by atoms with Gasteiger partial charge in [-0.3, -0.25) is 4.40 Å². The Morgan fingerprint density at radius 3 is 2.55 bits per heavy atom. The van der Waals surface area contributed by atoms with Gasteiger partial charge in [0, 0.05) is 22.2 Å². The van der Waals surface area contributed by atoms with Crippen molar-refractivity contribution in [2.24, 2.45) is 0 Å². The zero-order valence-corrected chi connectivity index (χ0v) is 13.4. The first-order valence-corrected chi connectivity index (χ1v) is 7.71. The molecule has 0 atom stereocenters. The standard InChI is InChI=1S/C15H17ClN3S/c1-19(2,3)10-13-14(11-4-6-12(16)7-5-11)17-15-18(13)8-9-20-15/h4-9H,10H2,1-3H3/q+1. The molecule has 20 heavy (non-hydrogen) atoms. The van der Waals surface area contributed by atoms with Gasteiger partial charge < -0.3 is 4.48 Å². The van der Waals surface area contributed by atoms with E-state index in [9.17, 15) is 0 Å². The number of hydrogen-bond donors (Lipinski definition) is 0. The summed E-state index contributed by atoms with van der Waals surface area (Å²) in [6.07, 6.45) is 2.09. The van der Waals surface area contributed by atoms with Crippen LogP contribution in [0, 0.1) is 0 Å². The van der Waals surface area contributed by atoms with Gasteiger partial charge >= 0.3 is 0 Å². The van der Waals surface area contributed by atoms with Crippen LogP contribution in [0.25, 0.3) is 16.2 Å². The average Bonchev–Trinajstić information content (AvgIpc) is 2.92. The van der Waals surface area contributed by atoms with E-state index >= 15 is 0 Å². The Bertz CT molecular complexity index is 735. The number of imidazole rings is 1. The fourth-order valence-electron chi connectivity index (χ4n) is 2.27. The topological polar surface area (TPSA) is 17.3 Å². The maximum Gasteiger partial charge on any atom is 0.194 e. The van der Waals surface area contributed by atoms with Gasteiger partial charge in [-0.25, -0.2) is 4.98 Å². The number of aromatic nitrogens is 2.